The highest BCUT2D eigenvalue weighted by molar-refractivity contribution is 7.17. The van der Waals surface area contributed by atoms with E-state index in [1.807, 2.05) is 0 Å². The van der Waals surface area contributed by atoms with Crippen LogP contribution in [0, 0.1) is 0 Å². The largest absolute Gasteiger partial charge is 0.309 e. The summed E-state index contributed by atoms with van der Waals surface area (Å²) in [6.45, 7) is 13.8. The third kappa shape index (κ3) is 10.2. The molecule has 86 heavy (non-hydrogen) atoms. The molecule has 416 valence electrons. The lowest BCUT2D eigenvalue weighted by atomic mass is 9.84. The Labute approximate surface area is 514 Å². The summed E-state index contributed by atoms with van der Waals surface area (Å²) in [5.74, 6) is 0. The van der Waals surface area contributed by atoms with Crippen molar-refractivity contribution in [1.82, 2.24) is 0 Å². The molecule has 0 aliphatic heterocycles. The lowest BCUT2D eigenvalue weighted by molar-refractivity contribution is 0.590. The molecule has 0 saturated heterocycles. The molecule has 0 amide bonds. The number of halogens is 1. The van der Waals surface area contributed by atoms with Gasteiger partial charge in [-0.15, -0.1) is 11.3 Å². The first-order chi connectivity index (χ1) is 41.8. The standard InChI is InChI=1S/C82H65ClN2S/c1-81(2,3)63-40-45-75(72(51-63)60-39-44-71-69-29-17-16-27-67(69)68-28-18-19-30-70(68)73(71)50-60)85(78-53-86-79-46-41-64(52-74(78)79)82(4,5)6)77-32-20-31-76(80(77)83)84(65-42-37-59(38-43-65)58-35-33-57(34-36-58)54-21-10-7-11-22-54)66-48-61(55-23-12-8-13-24-55)47-62(49-66)56-25-14-9-15-26-56/h7-53H,1-6H3. The van der Waals surface area contributed by atoms with Crippen molar-refractivity contribution >= 4 is 99.5 Å². The molecule has 4 heteroatoms. The van der Waals surface area contributed by atoms with E-state index in [1.165, 1.54) is 64.7 Å². The predicted molar refractivity (Wildman–Crippen MR) is 373 cm³/mol. The van der Waals surface area contributed by atoms with Crippen LogP contribution in [0.15, 0.2) is 284 Å². The van der Waals surface area contributed by atoms with Crippen molar-refractivity contribution < 1.29 is 0 Å². The van der Waals surface area contributed by atoms with Gasteiger partial charge in [0.15, 0.2) is 0 Å². The van der Waals surface area contributed by atoms with E-state index >= 15 is 0 Å². The number of thiophene rings is 1. The van der Waals surface area contributed by atoms with Gasteiger partial charge in [0, 0.05) is 32.4 Å². The number of nitrogens with zero attached hydrogens (tertiary/aromatic N) is 2. The molecule has 0 atom stereocenters. The van der Waals surface area contributed by atoms with Gasteiger partial charge in [-0.3, -0.25) is 0 Å². The van der Waals surface area contributed by atoms with Gasteiger partial charge in [-0.2, -0.15) is 0 Å². The van der Waals surface area contributed by atoms with Crippen molar-refractivity contribution in [3.8, 4) is 55.6 Å². The minimum Gasteiger partial charge on any atom is -0.309 e. The van der Waals surface area contributed by atoms with Crippen molar-refractivity contribution in [2.45, 2.75) is 52.4 Å². The summed E-state index contributed by atoms with van der Waals surface area (Å²) in [6.07, 6.45) is 0. The summed E-state index contributed by atoms with van der Waals surface area (Å²) in [6, 6.07) is 102. The Morgan fingerprint density at radius 2 is 0.709 bits per heavy atom. The average molecular weight is 1150 g/mol. The third-order valence-corrected chi connectivity index (χ3v) is 18.4. The number of fused-ring (bicyclic) bond motifs is 7. The van der Waals surface area contributed by atoms with Crippen molar-refractivity contribution in [2.24, 2.45) is 0 Å². The van der Waals surface area contributed by atoms with Gasteiger partial charge in [0.05, 0.1) is 27.8 Å². The van der Waals surface area contributed by atoms with Gasteiger partial charge >= 0.3 is 0 Å². The van der Waals surface area contributed by atoms with Crippen molar-refractivity contribution in [2.75, 3.05) is 9.80 Å². The fraction of sp³-hybridized carbons (Fsp3) is 0.0976. The van der Waals surface area contributed by atoms with Crippen molar-refractivity contribution in [3.63, 3.8) is 0 Å². The van der Waals surface area contributed by atoms with Gasteiger partial charge in [-0.05, 0) is 177 Å². The molecule has 14 aromatic rings. The quantitative estimate of drug-likeness (QED) is 0.119. The first-order valence-corrected chi connectivity index (χ1v) is 31.0. The van der Waals surface area contributed by atoms with Crippen LogP contribution < -0.4 is 9.80 Å². The number of benzene rings is 13. The SMILES string of the molecule is CC(C)(C)c1ccc(N(c2cccc(N(c3ccc(-c4ccc(-c5ccccc5)cc4)cc3)c3cc(-c4ccccc4)cc(-c4ccccc4)c3)c2Cl)c2csc3ccc(C(C)(C)C)cc23)c(-c2ccc3c4ccccc4c4ccccc4c3c2)c1. The molecule has 0 N–H and O–H groups in total. The van der Waals surface area contributed by atoms with Gasteiger partial charge in [-0.25, -0.2) is 0 Å². The molecule has 0 unspecified atom stereocenters. The van der Waals surface area contributed by atoms with E-state index in [0.29, 0.717) is 5.02 Å². The molecule has 0 aliphatic carbocycles. The van der Waals surface area contributed by atoms with Crippen LogP contribution >= 0.6 is 22.9 Å². The molecular formula is C82H65ClN2S. The zero-order valence-electron chi connectivity index (χ0n) is 49.3. The molecule has 0 bridgehead atoms. The van der Waals surface area contributed by atoms with Crippen LogP contribution in [0.2, 0.25) is 5.02 Å². The van der Waals surface area contributed by atoms with Crippen LogP contribution in [0.1, 0.15) is 52.7 Å². The molecule has 0 fully saturated rings. The van der Waals surface area contributed by atoms with Crippen LogP contribution in [-0.2, 0) is 10.8 Å². The molecular weight excluding hydrogens is 1080 g/mol. The normalized spacial score (nSPS) is 11.9. The van der Waals surface area contributed by atoms with Crippen molar-refractivity contribution in [1.29, 1.82) is 0 Å². The predicted octanol–water partition coefficient (Wildman–Crippen LogP) is 24.9. The Bertz CT molecular complexity index is 4730. The summed E-state index contributed by atoms with van der Waals surface area (Å²) < 4.78 is 1.21. The van der Waals surface area contributed by atoms with E-state index < -0.39 is 0 Å². The molecule has 2 nitrogen and oxygen atoms in total. The maximum Gasteiger partial charge on any atom is 0.0887 e. The first kappa shape index (κ1) is 54.4. The molecule has 1 heterocycles. The zero-order valence-corrected chi connectivity index (χ0v) is 50.9. The first-order valence-electron chi connectivity index (χ1n) is 29.7. The minimum atomic E-state index is -0.138. The Hall–Kier alpha value is -9.51. The van der Waals surface area contributed by atoms with Crippen LogP contribution in [0.4, 0.5) is 34.1 Å². The van der Waals surface area contributed by atoms with Crippen LogP contribution in [0.25, 0.3) is 98.0 Å². The van der Waals surface area contributed by atoms with E-state index in [-0.39, 0.29) is 10.8 Å². The summed E-state index contributed by atoms with van der Waals surface area (Å²) in [7, 11) is 0. The molecule has 14 rings (SSSR count). The highest BCUT2D eigenvalue weighted by Gasteiger charge is 2.29. The van der Waals surface area contributed by atoms with E-state index in [0.717, 1.165) is 78.6 Å². The smallest absolute Gasteiger partial charge is 0.0887 e. The summed E-state index contributed by atoms with van der Waals surface area (Å²) >= 11 is 10.2. The van der Waals surface area contributed by atoms with Crippen LogP contribution in [0.3, 0.4) is 0 Å². The fourth-order valence-corrected chi connectivity index (χ4v) is 13.7. The van der Waals surface area contributed by atoms with E-state index in [2.05, 4.69) is 336 Å². The number of hydrogen-bond donors (Lipinski definition) is 0. The van der Waals surface area contributed by atoms with E-state index in [9.17, 15) is 0 Å². The lowest BCUT2D eigenvalue weighted by Crippen LogP contribution is -2.16. The lowest BCUT2D eigenvalue weighted by Gasteiger charge is -2.33. The monoisotopic (exact) mass is 1140 g/mol. The minimum absolute atomic E-state index is 0.0814. The Morgan fingerprint density at radius 3 is 1.24 bits per heavy atom. The van der Waals surface area contributed by atoms with E-state index in [1.54, 1.807) is 11.3 Å². The second kappa shape index (κ2) is 22.2. The summed E-state index contributed by atoms with van der Waals surface area (Å²) in [5.41, 5.74) is 19.5. The number of hydrogen-bond acceptors (Lipinski definition) is 3. The molecule has 0 spiro atoms. The Morgan fingerprint density at radius 1 is 0.279 bits per heavy atom. The van der Waals surface area contributed by atoms with E-state index in [4.69, 9.17) is 11.6 Å². The molecule has 0 radical (unpaired) electrons. The van der Waals surface area contributed by atoms with Crippen molar-refractivity contribution in [3.05, 3.63) is 301 Å². The maximum absolute atomic E-state index is 8.45. The summed E-state index contributed by atoms with van der Waals surface area (Å²) in [5, 5.41) is 11.6. The molecule has 1 aromatic heterocycles. The van der Waals surface area contributed by atoms with Gasteiger partial charge in [0.25, 0.3) is 0 Å². The third-order valence-electron chi connectivity index (χ3n) is 17.1. The highest BCUT2D eigenvalue weighted by Crippen LogP contribution is 2.53. The topological polar surface area (TPSA) is 6.48 Å². The van der Waals surface area contributed by atoms with Gasteiger partial charge in [0.1, 0.15) is 0 Å². The molecule has 0 saturated carbocycles. The average Bonchev–Trinajstić information content (AvgIpc) is 1.65. The molecule has 0 aliphatic rings. The second-order valence-electron chi connectivity index (χ2n) is 24.7. The number of rotatable bonds is 11. The highest BCUT2D eigenvalue weighted by atomic mass is 35.5. The van der Waals surface area contributed by atoms with Crippen LogP contribution in [-0.4, -0.2) is 0 Å². The van der Waals surface area contributed by atoms with Gasteiger partial charge < -0.3 is 9.80 Å². The second-order valence-corrected chi connectivity index (χ2v) is 26.0. The Kier molecular flexibility index (Phi) is 14.0. The fourth-order valence-electron chi connectivity index (χ4n) is 12.5. The number of anilines is 6. The molecule has 13 aromatic carbocycles. The van der Waals surface area contributed by atoms with Crippen LogP contribution in [0.5, 0.6) is 0 Å². The maximum atomic E-state index is 8.45. The van der Waals surface area contributed by atoms with Gasteiger partial charge in [0.2, 0.25) is 0 Å². The summed E-state index contributed by atoms with van der Waals surface area (Å²) in [4.78, 5) is 4.81. The Balaban J connectivity index is 1.01. The van der Waals surface area contributed by atoms with Gasteiger partial charge in [-0.1, -0.05) is 259 Å². The zero-order chi connectivity index (χ0) is 58.7.